The lowest BCUT2D eigenvalue weighted by molar-refractivity contribution is 0.293. The number of aromatic nitrogens is 2. The van der Waals surface area contributed by atoms with Gasteiger partial charge in [-0.1, -0.05) is 5.16 Å². The first-order valence-electron chi connectivity index (χ1n) is 5.78. The summed E-state index contributed by atoms with van der Waals surface area (Å²) in [6, 6.07) is 6.70. The highest BCUT2D eigenvalue weighted by Gasteiger charge is 2.07. The lowest BCUT2D eigenvalue weighted by Crippen LogP contribution is -2.13. The first-order chi connectivity index (χ1) is 9.72. The Hall–Kier alpha value is -2.83. The van der Waals surface area contributed by atoms with Crippen molar-refractivity contribution in [2.45, 2.75) is 6.61 Å². The molecule has 0 unspecified atom stereocenters. The topological polar surface area (TPSA) is 103 Å². The Balaban J connectivity index is 2.18. The van der Waals surface area contributed by atoms with Crippen LogP contribution >= 0.6 is 0 Å². The zero-order valence-electron chi connectivity index (χ0n) is 10.9. The van der Waals surface area contributed by atoms with Gasteiger partial charge in [-0.25, -0.2) is 9.97 Å². The van der Waals surface area contributed by atoms with Crippen LogP contribution in [0.4, 0.5) is 0 Å². The van der Waals surface area contributed by atoms with Crippen LogP contribution in [0, 0.1) is 0 Å². The second-order valence-corrected chi connectivity index (χ2v) is 3.84. The molecule has 0 aliphatic heterocycles. The molecule has 0 radical (unpaired) electrons. The largest absolute Gasteiger partial charge is 0.497 e. The van der Waals surface area contributed by atoms with Gasteiger partial charge in [-0.05, 0) is 18.2 Å². The number of methoxy groups -OCH3 is 1. The number of amidine groups is 1. The first kappa shape index (κ1) is 13.6. The highest BCUT2D eigenvalue weighted by molar-refractivity contribution is 5.97. The van der Waals surface area contributed by atoms with E-state index in [1.54, 1.807) is 36.7 Å². The van der Waals surface area contributed by atoms with Crippen molar-refractivity contribution in [3.63, 3.8) is 0 Å². The van der Waals surface area contributed by atoms with Crippen molar-refractivity contribution < 1.29 is 14.7 Å². The third-order valence-electron chi connectivity index (χ3n) is 2.51. The summed E-state index contributed by atoms with van der Waals surface area (Å²) in [4.78, 5) is 8.11. The van der Waals surface area contributed by atoms with Crippen LogP contribution in [0.3, 0.4) is 0 Å². The summed E-state index contributed by atoms with van der Waals surface area (Å²) in [5.41, 5.74) is 6.05. The summed E-state index contributed by atoms with van der Waals surface area (Å²) in [5, 5.41) is 11.7. The molecule has 0 bridgehead atoms. The standard InChI is InChI=1S/C13H14N4O3/c1-19-10-5-9(13(14)17-18)6-11(7-10)20-8-12-15-3-2-4-16-12/h2-7,18H,8H2,1H3,(H2,14,17). The van der Waals surface area contributed by atoms with Crippen LogP contribution in [0.25, 0.3) is 0 Å². The molecule has 2 rings (SSSR count). The Morgan fingerprint density at radius 3 is 2.60 bits per heavy atom. The van der Waals surface area contributed by atoms with Crippen molar-refractivity contribution in [2.24, 2.45) is 10.9 Å². The number of hydrogen-bond acceptors (Lipinski definition) is 6. The minimum absolute atomic E-state index is 0.0234. The van der Waals surface area contributed by atoms with Crippen molar-refractivity contribution >= 4 is 5.84 Å². The minimum atomic E-state index is -0.0234. The highest BCUT2D eigenvalue weighted by atomic mass is 16.5. The van der Waals surface area contributed by atoms with Crippen molar-refractivity contribution in [2.75, 3.05) is 7.11 Å². The molecule has 3 N–H and O–H groups in total. The molecule has 0 saturated carbocycles. The van der Waals surface area contributed by atoms with Gasteiger partial charge in [0.25, 0.3) is 0 Å². The van der Waals surface area contributed by atoms with E-state index >= 15 is 0 Å². The Labute approximate surface area is 115 Å². The van der Waals surface area contributed by atoms with E-state index in [9.17, 15) is 0 Å². The second-order valence-electron chi connectivity index (χ2n) is 3.84. The summed E-state index contributed by atoms with van der Waals surface area (Å²) in [5.74, 6) is 1.59. The third kappa shape index (κ3) is 3.35. The minimum Gasteiger partial charge on any atom is -0.497 e. The normalized spacial score (nSPS) is 11.2. The van der Waals surface area contributed by atoms with E-state index in [0.717, 1.165) is 0 Å². The van der Waals surface area contributed by atoms with Gasteiger partial charge >= 0.3 is 0 Å². The third-order valence-corrected chi connectivity index (χ3v) is 2.51. The van der Waals surface area contributed by atoms with Crippen molar-refractivity contribution in [1.29, 1.82) is 0 Å². The number of nitrogens with two attached hydrogens (primary N) is 1. The van der Waals surface area contributed by atoms with Crippen LogP contribution in [0.2, 0.25) is 0 Å². The predicted octanol–water partition coefficient (Wildman–Crippen LogP) is 1.16. The number of hydrogen-bond donors (Lipinski definition) is 2. The summed E-state index contributed by atoms with van der Waals surface area (Å²) in [6.45, 7) is 0.212. The molecular formula is C13H14N4O3. The molecular weight excluding hydrogens is 260 g/mol. The molecule has 1 aromatic heterocycles. The van der Waals surface area contributed by atoms with Crippen molar-refractivity contribution in [3.8, 4) is 11.5 Å². The van der Waals surface area contributed by atoms with Crippen LogP contribution in [0.1, 0.15) is 11.4 Å². The molecule has 2 aromatic rings. The molecule has 1 heterocycles. The number of rotatable bonds is 5. The van der Waals surface area contributed by atoms with E-state index in [2.05, 4.69) is 15.1 Å². The molecule has 1 aromatic carbocycles. The van der Waals surface area contributed by atoms with Crippen LogP contribution in [-0.4, -0.2) is 28.1 Å². The molecule has 0 amide bonds. The van der Waals surface area contributed by atoms with Gasteiger partial charge in [0.1, 0.15) is 18.1 Å². The number of oxime groups is 1. The maximum Gasteiger partial charge on any atom is 0.170 e. The quantitative estimate of drug-likeness (QED) is 0.367. The first-order valence-corrected chi connectivity index (χ1v) is 5.78. The smallest absolute Gasteiger partial charge is 0.170 e. The van der Waals surface area contributed by atoms with Gasteiger partial charge in [0.2, 0.25) is 0 Å². The molecule has 0 saturated heterocycles. The summed E-state index contributed by atoms with van der Waals surface area (Å²) < 4.78 is 10.7. The summed E-state index contributed by atoms with van der Waals surface area (Å²) in [7, 11) is 1.52. The Bertz CT molecular complexity index is 602. The fourth-order valence-electron chi connectivity index (χ4n) is 1.53. The van der Waals surface area contributed by atoms with Gasteiger partial charge in [0, 0.05) is 24.0 Å². The summed E-state index contributed by atoms with van der Waals surface area (Å²) in [6.07, 6.45) is 3.28. The SMILES string of the molecule is COc1cc(OCc2ncccn2)cc(/C(N)=N/O)c1. The highest BCUT2D eigenvalue weighted by Crippen LogP contribution is 2.23. The van der Waals surface area contributed by atoms with Crippen LogP contribution in [-0.2, 0) is 6.61 Å². The molecule has 0 atom stereocenters. The van der Waals surface area contributed by atoms with E-state index < -0.39 is 0 Å². The average molecular weight is 274 g/mol. The van der Waals surface area contributed by atoms with Gasteiger partial charge < -0.3 is 20.4 Å². The Kier molecular flexibility index (Phi) is 4.33. The van der Waals surface area contributed by atoms with Crippen LogP contribution in [0.5, 0.6) is 11.5 Å². The van der Waals surface area contributed by atoms with Gasteiger partial charge in [0.05, 0.1) is 7.11 Å². The molecule has 0 aliphatic carbocycles. The molecule has 20 heavy (non-hydrogen) atoms. The van der Waals surface area contributed by atoms with Gasteiger partial charge in [-0.2, -0.15) is 0 Å². The lowest BCUT2D eigenvalue weighted by Gasteiger charge is -2.09. The monoisotopic (exact) mass is 274 g/mol. The fourth-order valence-corrected chi connectivity index (χ4v) is 1.53. The summed E-state index contributed by atoms with van der Waals surface area (Å²) >= 11 is 0. The van der Waals surface area contributed by atoms with E-state index in [4.69, 9.17) is 20.4 Å². The van der Waals surface area contributed by atoms with E-state index in [0.29, 0.717) is 22.9 Å². The molecule has 7 nitrogen and oxygen atoms in total. The molecule has 0 spiro atoms. The molecule has 104 valence electrons. The lowest BCUT2D eigenvalue weighted by atomic mass is 10.2. The maximum atomic E-state index is 8.71. The zero-order chi connectivity index (χ0) is 14.4. The van der Waals surface area contributed by atoms with Crippen molar-refractivity contribution in [1.82, 2.24) is 9.97 Å². The van der Waals surface area contributed by atoms with E-state index in [1.165, 1.54) is 7.11 Å². The van der Waals surface area contributed by atoms with E-state index in [-0.39, 0.29) is 12.4 Å². The zero-order valence-corrected chi connectivity index (χ0v) is 10.9. The van der Waals surface area contributed by atoms with Gasteiger partial charge in [0.15, 0.2) is 11.7 Å². The molecule has 7 heteroatoms. The van der Waals surface area contributed by atoms with Crippen molar-refractivity contribution in [3.05, 3.63) is 48.0 Å². The Morgan fingerprint density at radius 1 is 1.25 bits per heavy atom. The number of benzene rings is 1. The second kappa shape index (κ2) is 6.37. The van der Waals surface area contributed by atoms with Gasteiger partial charge in [-0.3, -0.25) is 0 Å². The fraction of sp³-hybridized carbons (Fsp3) is 0.154. The van der Waals surface area contributed by atoms with E-state index in [1.807, 2.05) is 0 Å². The van der Waals surface area contributed by atoms with Crippen LogP contribution < -0.4 is 15.2 Å². The predicted molar refractivity (Wildman–Crippen MR) is 71.9 cm³/mol. The number of nitrogens with zero attached hydrogens (tertiary/aromatic N) is 3. The Morgan fingerprint density at radius 2 is 1.95 bits per heavy atom. The number of ether oxygens (including phenoxy) is 2. The van der Waals surface area contributed by atoms with Gasteiger partial charge in [-0.15, -0.1) is 0 Å². The average Bonchev–Trinajstić information content (AvgIpc) is 2.52. The molecule has 0 fully saturated rings. The maximum absolute atomic E-state index is 8.71. The van der Waals surface area contributed by atoms with Crippen LogP contribution in [0.15, 0.2) is 41.8 Å². The molecule has 0 aliphatic rings.